The molecule has 1 aromatic carbocycles. The van der Waals surface area contributed by atoms with Gasteiger partial charge in [-0.3, -0.25) is 8.98 Å². The Morgan fingerprint density at radius 2 is 1.90 bits per heavy atom. The van der Waals surface area contributed by atoms with E-state index in [9.17, 15) is 13.2 Å². The van der Waals surface area contributed by atoms with Crippen LogP contribution in [0.25, 0.3) is 0 Å². The molecule has 0 amide bonds. The molecule has 3 rings (SSSR count). The Morgan fingerprint density at radius 3 is 2.52 bits per heavy atom. The minimum atomic E-state index is -3.62. The Bertz CT molecular complexity index is 887. The first-order valence-corrected chi connectivity index (χ1v) is 12.4. The van der Waals surface area contributed by atoms with Crippen molar-refractivity contribution in [1.82, 2.24) is 0 Å². The highest BCUT2D eigenvalue weighted by Gasteiger charge is 2.52. The van der Waals surface area contributed by atoms with Crippen molar-refractivity contribution in [2.24, 2.45) is 11.8 Å². The fourth-order valence-corrected chi connectivity index (χ4v) is 5.15. The van der Waals surface area contributed by atoms with E-state index >= 15 is 0 Å². The molecule has 8 heteroatoms. The van der Waals surface area contributed by atoms with E-state index in [1.807, 2.05) is 38.1 Å². The van der Waals surface area contributed by atoms with Crippen LogP contribution in [0.1, 0.15) is 45.1 Å². The molecule has 1 saturated heterocycles. The third-order valence-electron chi connectivity index (χ3n) is 5.85. The van der Waals surface area contributed by atoms with Crippen molar-refractivity contribution in [3.8, 4) is 5.75 Å². The van der Waals surface area contributed by atoms with Crippen LogP contribution in [0.15, 0.2) is 35.9 Å². The number of benzene rings is 1. The fourth-order valence-electron chi connectivity index (χ4n) is 4.50. The standard InChI is InChI=1S/C23H32O7S/c1-15(2)6-5-7-19-22-20(28-14-16-8-10-17(27-3)11-9-16)12-18(30-31(4,25)26)13-21(22)29-23(19)24/h6,8-11,18-22H,5,7,12-14H2,1-4H3/t18-,19+,20+,21+,22-/m1/s1. The first-order chi connectivity index (χ1) is 14.7. The van der Waals surface area contributed by atoms with Crippen LogP contribution in [0.4, 0.5) is 0 Å². The number of fused-ring (bicyclic) bond motifs is 1. The van der Waals surface area contributed by atoms with Gasteiger partial charge in [0.15, 0.2) is 0 Å². The minimum Gasteiger partial charge on any atom is -0.497 e. The van der Waals surface area contributed by atoms with Gasteiger partial charge in [-0.2, -0.15) is 8.42 Å². The quantitative estimate of drug-likeness (QED) is 0.321. The van der Waals surface area contributed by atoms with Gasteiger partial charge in [-0.25, -0.2) is 0 Å². The number of ether oxygens (including phenoxy) is 3. The zero-order chi connectivity index (χ0) is 22.6. The summed E-state index contributed by atoms with van der Waals surface area (Å²) in [5, 5.41) is 0. The number of esters is 1. The number of methoxy groups -OCH3 is 1. The van der Waals surface area contributed by atoms with Gasteiger partial charge in [-0.05, 0) is 44.4 Å². The first-order valence-electron chi connectivity index (χ1n) is 10.6. The summed E-state index contributed by atoms with van der Waals surface area (Å²) in [7, 11) is -2.01. The SMILES string of the molecule is COc1ccc(CO[C@H]2C[C@@H](OS(C)(=O)=O)C[C@@H]3OC(=O)[C@@H](CCC=C(C)C)[C@H]23)cc1. The van der Waals surface area contributed by atoms with Crippen LogP contribution in [-0.2, 0) is 35.2 Å². The van der Waals surface area contributed by atoms with Crippen LogP contribution < -0.4 is 4.74 Å². The molecule has 0 spiro atoms. The summed E-state index contributed by atoms with van der Waals surface area (Å²) in [6.07, 6.45) is 4.10. The van der Waals surface area contributed by atoms with Crippen LogP contribution in [0.5, 0.6) is 5.75 Å². The number of hydrogen-bond acceptors (Lipinski definition) is 7. The van der Waals surface area contributed by atoms with E-state index in [1.54, 1.807) is 7.11 Å². The normalized spacial score (nSPS) is 28.0. The second-order valence-electron chi connectivity index (χ2n) is 8.61. The topological polar surface area (TPSA) is 88.1 Å². The van der Waals surface area contributed by atoms with Crippen molar-refractivity contribution in [2.45, 2.75) is 64.4 Å². The smallest absolute Gasteiger partial charge is 0.309 e. The highest BCUT2D eigenvalue weighted by atomic mass is 32.2. The number of carbonyl (C=O) groups excluding carboxylic acids is 1. The molecule has 31 heavy (non-hydrogen) atoms. The van der Waals surface area contributed by atoms with Gasteiger partial charge in [0.25, 0.3) is 10.1 Å². The van der Waals surface area contributed by atoms with Crippen LogP contribution in [0, 0.1) is 11.8 Å². The molecule has 0 bridgehead atoms. The average molecular weight is 453 g/mol. The average Bonchev–Trinajstić information content (AvgIpc) is 3.00. The van der Waals surface area contributed by atoms with Crippen molar-refractivity contribution in [1.29, 1.82) is 0 Å². The van der Waals surface area contributed by atoms with Crippen molar-refractivity contribution in [2.75, 3.05) is 13.4 Å². The lowest BCUT2D eigenvalue weighted by molar-refractivity contribution is -0.145. The van der Waals surface area contributed by atoms with Crippen LogP contribution in [0.2, 0.25) is 0 Å². The second-order valence-corrected chi connectivity index (χ2v) is 10.2. The van der Waals surface area contributed by atoms with E-state index in [2.05, 4.69) is 6.08 Å². The molecule has 1 aliphatic carbocycles. The number of hydrogen-bond donors (Lipinski definition) is 0. The van der Waals surface area contributed by atoms with Crippen molar-refractivity contribution < 1.29 is 31.6 Å². The molecule has 5 atom stereocenters. The number of carbonyl (C=O) groups is 1. The molecule has 1 aliphatic heterocycles. The maximum Gasteiger partial charge on any atom is 0.309 e. The maximum absolute atomic E-state index is 12.6. The monoisotopic (exact) mass is 452 g/mol. The first kappa shape index (κ1) is 23.8. The molecule has 1 aromatic rings. The van der Waals surface area contributed by atoms with Gasteiger partial charge < -0.3 is 14.2 Å². The van der Waals surface area contributed by atoms with Gasteiger partial charge in [0.1, 0.15) is 11.9 Å². The van der Waals surface area contributed by atoms with Gasteiger partial charge in [-0.1, -0.05) is 23.8 Å². The summed E-state index contributed by atoms with van der Waals surface area (Å²) in [4.78, 5) is 12.6. The summed E-state index contributed by atoms with van der Waals surface area (Å²) in [5.74, 6) is 0.156. The summed E-state index contributed by atoms with van der Waals surface area (Å²) in [5.41, 5.74) is 2.18. The zero-order valence-electron chi connectivity index (χ0n) is 18.6. The second kappa shape index (κ2) is 10.1. The Hall–Kier alpha value is -1.90. The fraction of sp³-hybridized carbons (Fsp3) is 0.609. The lowest BCUT2D eigenvalue weighted by Crippen LogP contribution is -2.45. The van der Waals surface area contributed by atoms with Crippen molar-refractivity contribution in [3.05, 3.63) is 41.5 Å². The van der Waals surface area contributed by atoms with Crippen LogP contribution >= 0.6 is 0 Å². The lowest BCUT2D eigenvalue weighted by atomic mass is 9.75. The van der Waals surface area contributed by atoms with Gasteiger partial charge in [0.2, 0.25) is 0 Å². The van der Waals surface area contributed by atoms with E-state index in [-0.39, 0.29) is 23.9 Å². The molecule has 1 saturated carbocycles. The van der Waals surface area contributed by atoms with E-state index in [4.69, 9.17) is 18.4 Å². The van der Waals surface area contributed by atoms with E-state index in [1.165, 1.54) is 5.57 Å². The van der Waals surface area contributed by atoms with Gasteiger partial charge in [0.05, 0.1) is 38.1 Å². The summed E-state index contributed by atoms with van der Waals surface area (Å²) in [6, 6.07) is 7.57. The Balaban J connectivity index is 1.75. The molecule has 0 radical (unpaired) electrons. The van der Waals surface area contributed by atoms with Crippen molar-refractivity contribution in [3.63, 3.8) is 0 Å². The summed E-state index contributed by atoms with van der Waals surface area (Å²) in [6.45, 7) is 4.41. The highest BCUT2D eigenvalue weighted by molar-refractivity contribution is 7.86. The van der Waals surface area contributed by atoms with Gasteiger partial charge in [0, 0.05) is 18.8 Å². The molecule has 7 nitrogen and oxygen atoms in total. The van der Waals surface area contributed by atoms with E-state index < -0.39 is 22.3 Å². The van der Waals surface area contributed by atoms with Crippen molar-refractivity contribution >= 4 is 16.1 Å². The third-order valence-corrected chi connectivity index (χ3v) is 6.47. The Kier molecular flexibility index (Phi) is 7.78. The largest absolute Gasteiger partial charge is 0.497 e. The number of rotatable bonds is 9. The van der Waals surface area contributed by atoms with Gasteiger partial charge in [-0.15, -0.1) is 0 Å². The molecular weight excluding hydrogens is 420 g/mol. The van der Waals surface area contributed by atoms with E-state index in [0.29, 0.717) is 25.9 Å². The third kappa shape index (κ3) is 6.54. The summed E-state index contributed by atoms with van der Waals surface area (Å²) < 4.78 is 45.7. The molecule has 0 aromatic heterocycles. The molecule has 2 aliphatic rings. The molecule has 172 valence electrons. The highest BCUT2D eigenvalue weighted by Crippen LogP contribution is 2.43. The maximum atomic E-state index is 12.6. The Labute approximate surface area is 184 Å². The predicted molar refractivity (Wildman–Crippen MR) is 116 cm³/mol. The molecular formula is C23H32O7S. The molecule has 0 N–H and O–H groups in total. The minimum absolute atomic E-state index is 0.115. The zero-order valence-corrected chi connectivity index (χ0v) is 19.4. The van der Waals surface area contributed by atoms with Crippen LogP contribution in [-0.4, -0.2) is 46.1 Å². The van der Waals surface area contributed by atoms with E-state index in [0.717, 1.165) is 24.0 Å². The summed E-state index contributed by atoms with van der Waals surface area (Å²) >= 11 is 0. The molecule has 2 fully saturated rings. The molecule has 0 unspecified atom stereocenters. The molecule has 1 heterocycles. The van der Waals surface area contributed by atoms with Crippen LogP contribution in [0.3, 0.4) is 0 Å². The van der Waals surface area contributed by atoms with Gasteiger partial charge >= 0.3 is 5.97 Å². The number of allylic oxidation sites excluding steroid dienone is 2. The Morgan fingerprint density at radius 1 is 1.19 bits per heavy atom. The predicted octanol–water partition coefficient (Wildman–Crippen LogP) is 3.62. The lowest BCUT2D eigenvalue weighted by Gasteiger charge is -2.37.